The molecule has 4 unspecified atom stereocenters. The minimum absolute atomic E-state index is 0.112. The first kappa shape index (κ1) is 15.3. The highest BCUT2D eigenvalue weighted by atomic mass is 16.5. The third-order valence-electron chi connectivity index (χ3n) is 6.48. The maximum absolute atomic E-state index is 13.1. The molecule has 3 fully saturated rings. The summed E-state index contributed by atoms with van der Waals surface area (Å²) in [4.78, 5) is 15.2. The molecule has 0 aromatic rings. The number of rotatable bonds is 3. The summed E-state index contributed by atoms with van der Waals surface area (Å²) in [5.74, 6) is 0.898. The molecule has 3 aliphatic rings. The van der Waals surface area contributed by atoms with Gasteiger partial charge in [0, 0.05) is 31.0 Å². The zero-order valence-electron chi connectivity index (χ0n) is 13.7. The van der Waals surface area contributed by atoms with Crippen molar-refractivity contribution < 1.29 is 9.53 Å². The van der Waals surface area contributed by atoms with Crippen LogP contribution in [0.2, 0.25) is 0 Å². The van der Waals surface area contributed by atoms with Crippen LogP contribution in [0.25, 0.3) is 0 Å². The Labute approximate surface area is 128 Å². The Hall–Kier alpha value is -0.610. The number of nitrogens with zero attached hydrogens (tertiary/aromatic N) is 1. The highest BCUT2D eigenvalue weighted by molar-refractivity contribution is 5.89. The van der Waals surface area contributed by atoms with Gasteiger partial charge in [0.2, 0.25) is 5.91 Å². The molecule has 0 bridgehead atoms. The molecule has 1 heterocycles. The summed E-state index contributed by atoms with van der Waals surface area (Å²) in [5.41, 5.74) is 5.57. The summed E-state index contributed by atoms with van der Waals surface area (Å²) in [6, 6.07) is 0.452. The average molecular weight is 294 g/mol. The van der Waals surface area contributed by atoms with Crippen LogP contribution < -0.4 is 5.73 Å². The maximum atomic E-state index is 13.1. The van der Waals surface area contributed by atoms with Crippen LogP contribution in [0.5, 0.6) is 0 Å². The predicted octanol–water partition coefficient (Wildman–Crippen LogP) is 2.31. The van der Waals surface area contributed by atoms with Gasteiger partial charge in [-0.1, -0.05) is 26.7 Å². The van der Waals surface area contributed by atoms with Crippen molar-refractivity contribution in [2.75, 3.05) is 13.2 Å². The molecule has 1 saturated heterocycles. The zero-order chi connectivity index (χ0) is 15.3. The molecule has 3 rings (SSSR count). The quantitative estimate of drug-likeness (QED) is 0.869. The summed E-state index contributed by atoms with van der Waals surface area (Å²) in [5, 5.41) is 0. The fourth-order valence-corrected chi connectivity index (χ4v) is 4.71. The van der Waals surface area contributed by atoms with Crippen LogP contribution in [-0.4, -0.2) is 41.6 Å². The van der Waals surface area contributed by atoms with Crippen LogP contribution in [0, 0.1) is 11.3 Å². The molecule has 2 aliphatic carbocycles. The minimum atomic E-state index is -0.737. The number of fused-ring (bicyclic) bond motifs is 1. The smallest absolute Gasteiger partial charge is 0.243 e. The van der Waals surface area contributed by atoms with E-state index in [1.165, 1.54) is 32.1 Å². The molecule has 1 aliphatic heterocycles. The standard InChI is InChI=1S/C17H30N2O2/c1-4-21-14-11-17(18,16(14,2)3)15(20)19-10-9-12-7-5-6-8-13(12)19/h12-14H,4-11,18H2,1-3H3. The number of nitrogens with two attached hydrogens (primary N) is 1. The molecular formula is C17H30N2O2. The molecule has 120 valence electrons. The van der Waals surface area contributed by atoms with E-state index in [1.807, 2.05) is 6.92 Å². The number of ether oxygens (including phenoxy) is 1. The lowest BCUT2D eigenvalue weighted by molar-refractivity contribution is -0.180. The Morgan fingerprint density at radius 1 is 1.29 bits per heavy atom. The largest absolute Gasteiger partial charge is 0.378 e. The number of hydrogen-bond acceptors (Lipinski definition) is 3. The van der Waals surface area contributed by atoms with Crippen molar-refractivity contribution in [2.45, 2.75) is 77.0 Å². The number of amides is 1. The topological polar surface area (TPSA) is 55.6 Å². The van der Waals surface area contributed by atoms with Crippen molar-refractivity contribution in [2.24, 2.45) is 17.1 Å². The Morgan fingerprint density at radius 3 is 2.67 bits per heavy atom. The van der Waals surface area contributed by atoms with Crippen LogP contribution in [0.1, 0.15) is 59.3 Å². The highest BCUT2D eigenvalue weighted by Gasteiger charge is 2.64. The number of hydrogen-bond donors (Lipinski definition) is 1. The van der Waals surface area contributed by atoms with E-state index in [-0.39, 0.29) is 17.4 Å². The van der Waals surface area contributed by atoms with E-state index >= 15 is 0 Å². The molecule has 0 radical (unpaired) electrons. The van der Waals surface area contributed by atoms with Crippen molar-refractivity contribution in [1.29, 1.82) is 0 Å². The Balaban J connectivity index is 1.73. The third-order valence-corrected chi connectivity index (χ3v) is 6.48. The van der Waals surface area contributed by atoms with Gasteiger partial charge in [0.05, 0.1) is 6.10 Å². The molecule has 4 atom stereocenters. The Bertz CT molecular complexity index is 423. The summed E-state index contributed by atoms with van der Waals surface area (Å²) < 4.78 is 5.76. The lowest BCUT2D eigenvalue weighted by atomic mass is 9.54. The van der Waals surface area contributed by atoms with Crippen molar-refractivity contribution in [3.63, 3.8) is 0 Å². The normalized spacial score (nSPS) is 41.5. The van der Waals surface area contributed by atoms with Gasteiger partial charge in [-0.3, -0.25) is 4.79 Å². The highest BCUT2D eigenvalue weighted by Crippen LogP contribution is 2.51. The molecule has 2 saturated carbocycles. The maximum Gasteiger partial charge on any atom is 0.243 e. The van der Waals surface area contributed by atoms with E-state index in [2.05, 4.69) is 18.7 Å². The predicted molar refractivity (Wildman–Crippen MR) is 82.8 cm³/mol. The Kier molecular flexibility index (Phi) is 3.81. The zero-order valence-corrected chi connectivity index (χ0v) is 13.7. The molecule has 4 heteroatoms. The molecule has 0 aromatic carbocycles. The number of carbonyl (C=O) groups is 1. The number of carbonyl (C=O) groups excluding carboxylic acids is 1. The molecule has 21 heavy (non-hydrogen) atoms. The summed E-state index contributed by atoms with van der Waals surface area (Å²) in [7, 11) is 0. The third kappa shape index (κ3) is 2.14. The SMILES string of the molecule is CCOC1CC(N)(C(=O)N2CCC3CCCCC32)C1(C)C. The van der Waals surface area contributed by atoms with Crippen LogP contribution in [-0.2, 0) is 9.53 Å². The van der Waals surface area contributed by atoms with Crippen LogP contribution in [0.4, 0.5) is 0 Å². The second kappa shape index (κ2) is 5.24. The van der Waals surface area contributed by atoms with E-state index < -0.39 is 5.54 Å². The van der Waals surface area contributed by atoms with Gasteiger partial charge in [-0.2, -0.15) is 0 Å². The molecule has 0 aromatic heterocycles. The van der Waals surface area contributed by atoms with Gasteiger partial charge >= 0.3 is 0 Å². The molecule has 2 N–H and O–H groups in total. The van der Waals surface area contributed by atoms with Gasteiger partial charge in [0.25, 0.3) is 0 Å². The fraction of sp³-hybridized carbons (Fsp3) is 0.941. The van der Waals surface area contributed by atoms with Crippen LogP contribution in [0.15, 0.2) is 0 Å². The first-order valence-electron chi connectivity index (χ1n) is 8.63. The first-order valence-corrected chi connectivity index (χ1v) is 8.63. The lowest BCUT2D eigenvalue weighted by Crippen LogP contribution is -2.76. The second-order valence-electron chi connectivity index (χ2n) is 7.74. The second-order valence-corrected chi connectivity index (χ2v) is 7.74. The minimum Gasteiger partial charge on any atom is -0.378 e. The van der Waals surface area contributed by atoms with Gasteiger partial charge in [-0.15, -0.1) is 0 Å². The molecule has 0 spiro atoms. The van der Waals surface area contributed by atoms with Crippen molar-refractivity contribution in [3.05, 3.63) is 0 Å². The molecule has 4 nitrogen and oxygen atoms in total. The lowest BCUT2D eigenvalue weighted by Gasteiger charge is -2.59. The first-order chi connectivity index (χ1) is 9.91. The van der Waals surface area contributed by atoms with Gasteiger partial charge < -0.3 is 15.4 Å². The van der Waals surface area contributed by atoms with E-state index in [1.54, 1.807) is 0 Å². The fourth-order valence-electron chi connectivity index (χ4n) is 4.71. The van der Waals surface area contributed by atoms with Crippen molar-refractivity contribution in [1.82, 2.24) is 4.90 Å². The average Bonchev–Trinajstić information content (AvgIpc) is 2.90. The number of likely N-dealkylation sites (tertiary alicyclic amines) is 1. The van der Waals surface area contributed by atoms with Crippen molar-refractivity contribution in [3.8, 4) is 0 Å². The van der Waals surface area contributed by atoms with Crippen LogP contribution in [0.3, 0.4) is 0 Å². The van der Waals surface area contributed by atoms with E-state index in [4.69, 9.17) is 10.5 Å². The van der Waals surface area contributed by atoms with E-state index in [9.17, 15) is 4.79 Å². The summed E-state index contributed by atoms with van der Waals surface area (Å²) in [6.07, 6.45) is 6.99. The van der Waals surface area contributed by atoms with Gasteiger partial charge in [0.1, 0.15) is 5.54 Å². The molecular weight excluding hydrogens is 264 g/mol. The summed E-state index contributed by atoms with van der Waals surface area (Å²) >= 11 is 0. The van der Waals surface area contributed by atoms with Crippen LogP contribution >= 0.6 is 0 Å². The Morgan fingerprint density at radius 2 is 2.00 bits per heavy atom. The monoisotopic (exact) mass is 294 g/mol. The van der Waals surface area contributed by atoms with Gasteiger partial charge in [-0.05, 0) is 32.1 Å². The molecule has 1 amide bonds. The summed E-state index contributed by atoms with van der Waals surface area (Å²) in [6.45, 7) is 7.77. The van der Waals surface area contributed by atoms with E-state index in [0.29, 0.717) is 19.1 Å². The van der Waals surface area contributed by atoms with Gasteiger partial charge in [0.15, 0.2) is 0 Å². The van der Waals surface area contributed by atoms with Gasteiger partial charge in [-0.25, -0.2) is 0 Å². The van der Waals surface area contributed by atoms with E-state index in [0.717, 1.165) is 12.5 Å². The van der Waals surface area contributed by atoms with Crippen molar-refractivity contribution >= 4 is 5.91 Å².